The van der Waals surface area contributed by atoms with Crippen molar-refractivity contribution < 1.29 is 61.8 Å². The summed E-state index contributed by atoms with van der Waals surface area (Å²) in [7, 11) is 1.54. The first-order chi connectivity index (χ1) is 14.2. The summed E-state index contributed by atoms with van der Waals surface area (Å²) in [6.45, 7) is 0.440. The third-order valence-corrected chi connectivity index (χ3v) is 4.75. The molecule has 0 atom stereocenters. The highest BCUT2D eigenvalue weighted by molar-refractivity contribution is 6.99. The Bertz CT molecular complexity index is 864. The molecule has 4 nitrogen and oxygen atoms in total. The molecule has 32 heavy (non-hydrogen) atoms. The van der Waals surface area contributed by atoms with Gasteiger partial charge in [-0.2, -0.15) is 61.4 Å². The monoisotopic (exact) mass is 515 g/mol. The minimum atomic E-state index is -7.99. The molecule has 1 aromatic rings. The Hall–Kier alpha value is -1.85. The molecule has 18 heteroatoms. The van der Waals surface area contributed by atoms with Gasteiger partial charge >= 0.3 is 36.0 Å². The van der Waals surface area contributed by atoms with Crippen LogP contribution in [-0.4, -0.2) is 69.8 Å². The number of alkyl halides is 13. The van der Waals surface area contributed by atoms with Gasteiger partial charge in [-0.3, -0.25) is 0 Å². The fraction of sp³-hybridized carbons (Fsp3) is 0.714. The Morgan fingerprint density at radius 3 is 1.84 bits per heavy atom. The van der Waals surface area contributed by atoms with Crippen molar-refractivity contribution in [3.63, 3.8) is 0 Å². The number of hydrogen-bond acceptors (Lipinski definition) is 5. The van der Waals surface area contributed by atoms with Gasteiger partial charge < -0.3 is 9.64 Å². The summed E-state index contributed by atoms with van der Waals surface area (Å²) in [4.78, 5) is 1.58. The molecule has 0 aliphatic carbocycles. The number of halogens is 13. The highest BCUT2D eigenvalue weighted by Crippen LogP contribution is 2.60. The van der Waals surface area contributed by atoms with Crippen molar-refractivity contribution in [2.24, 2.45) is 0 Å². The van der Waals surface area contributed by atoms with Crippen LogP contribution in [0.2, 0.25) is 0 Å². The van der Waals surface area contributed by atoms with E-state index >= 15 is 0 Å². The molecule has 1 aliphatic rings. The van der Waals surface area contributed by atoms with E-state index in [2.05, 4.69) is 13.5 Å². The summed E-state index contributed by atoms with van der Waals surface area (Å²) in [6, 6.07) is 0. The minimum Gasteiger partial charge on any atom is -0.407 e. The first kappa shape index (κ1) is 26.4. The molecule has 0 N–H and O–H groups in total. The number of ether oxygens (including phenoxy) is 1. The van der Waals surface area contributed by atoms with Crippen LogP contribution >= 0.6 is 11.7 Å². The lowest BCUT2D eigenvalue weighted by Crippen LogP contribution is -2.70. The molecule has 1 aliphatic heterocycles. The van der Waals surface area contributed by atoms with E-state index < -0.39 is 47.5 Å². The average Bonchev–Trinajstić information content (AvgIpc) is 3.07. The molecular formula is C14H10F13N3OS. The van der Waals surface area contributed by atoms with E-state index in [1.165, 1.54) is 6.08 Å². The topological polar surface area (TPSA) is 38.2 Å². The van der Waals surface area contributed by atoms with Crippen LogP contribution in [0.15, 0.2) is 6.08 Å². The SMILES string of the molecule is CN1CCC=C(c2nsnc2OC(F)(F)C(F)(F)C(F)(F)C(F)(F)C(F)(F)C(F)(F)F)C1. The van der Waals surface area contributed by atoms with Crippen molar-refractivity contribution in [2.45, 2.75) is 42.4 Å². The highest BCUT2D eigenvalue weighted by Gasteiger charge is 2.91. The predicted molar refractivity (Wildman–Crippen MR) is 81.4 cm³/mol. The number of aromatic nitrogens is 2. The normalized spacial score (nSPS) is 18.0. The Balaban J connectivity index is 2.44. The second kappa shape index (κ2) is 7.88. The van der Waals surface area contributed by atoms with Crippen LogP contribution in [-0.2, 0) is 0 Å². The van der Waals surface area contributed by atoms with Crippen LogP contribution in [0.5, 0.6) is 5.88 Å². The number of hydrogen-bond donors (Lipinski definition) is 0. The molecule has 0 bridgehead atoms. The number of rotatable bonds is 7. The van der Waals surface area contributed by atoms with Crippen LogP contribution in [0.3, 0.4) is 0 Å². The van der Waals surface area contributed by atoms with Crippen LogP contribution in [0.4, 0.5) is 57.1 Å². The molecule has 0 spiro atoms. The van der Waals surface area contributed by atoms with Gasteiger partial charge in [-0.15, -0.1) is 4.37 Å². The van der Waals surface area contributed by atoms with E-state index in [0.717, 1.165) is 0 Å². The summed E-state index contributed by atoms with van der Waals surface area (Å²) < 4.78 is 181. The highest BCUT2D eigenvalue weighted by atomic mass is 32.1. The Labute approximate surface area is 174 Å². The molecule has 2 rings (SSSR count). The zero-order valence-corrected chi connectivity index (χ0v) is 16.1. The van der Waals surface area contributed by atoms with Crippen molar-refractivity contribution in [1.82, 2.24) is 13.6 Å². The summed E-state index contributed by atoms with van der Waals surface area (Å²) in [5.41, 5.74) is -0.616. The zero-order valence-electron chi connectivity index (χ0n) is 15.3. The fourth-order valence-electron chi connectivity index (χ4n) is 2.45. The molecule has 0 fully saturated rings. The van der Waals surface area contributed by atoms with Crippen molar-refractivity contribution in [2.75, 3.05) is 20.1 Å². The van der Waals surface area contributed by atoms with Gasteiger partial charge in [-0.05, 0) is 19.0 Å². The molecule has 0 amide bonds. The van der Waals surface area contributed by atoms with E-state index in [-0.39, 0.29) is 23.8 Å². The minimum absolute atomic E-state index is 0.0320. The summed E-state index contributed by atoms with van der Waals surface area (Å²) in [5, 5.41) is 0. The van der Waals surface area contributed by atoms with Crippen LogP contribution in [0.25, 0.3) is 5.57 Å². The van der Waals surface area contributed by atoms with Gasteiger partial charge in [0, 0.05) is 13.1 Å². The van der Waals surface area contributed by atoms with Gasteiger partial charge in [-0.1, -0.05) is 6.08 Å². The second-order valence-electron chi connectivity index (χ2n) is 6.59. The van der Waals surface area contributed by atoms with E-state index in [1.807, 2.05) is 0 Å². The van der Waals surface area contributed by atoms with Gasteiger partial charge in [-0.25, -0.2) is 0 Å². The molecule has 0 aromatic carbocycles. The molecule has 1 aromatic heterocycles. The van der Waals surface area contributed by atoms with Gasteiger partial charge in [0.25, 0.3) is 5.88 Å². The average molecular weight is 515 g/mol. The third-order valence-electron chi connectivity index (χ3n) is 4.23. The Morgan fingerprint density at radius 1 is 0.812 bits per heavy atom. The summed E-state index contributed by atoms with van der Waals surface area (Å²) >= 11 is 0.0661. The van der Waals surface area contributed by atoms with Crippen LogP contribution in [0, 0.1) is 0 Å². The largest absolute Gasteiger partial charge is 0.472 e. The molecule has 2 heterocycles. The number of likely N-dealkylation sites (N-methyl/N-ethyl adjacent to an activating group) is 1. The summed E-state index contributed by atoms with van der Waals surface area (Å²) in [6.07, 6.45) is -12.5. The van der Waals surface area contributed by atoms with Crippen molar-refractivity contribution >= 4 is 17.3 Å². The molecule has 0 radical (unpaired) electrons. The van der Waals surface area contributed by atoms with E-state index in [0.29, 0.717) is 13.0 Å². The maximum atomic E-state index is 13.9. The van der Waals surface area contributed by atoms with E-state index in [9.17, 15) is 57.1 Å². The third kappa shape index (κ3) is 3.99. The van der Waals surface area contributed by atoms with E-state index in [4.69, 9.17) is 0 Å². The lowest BCUT2D eigenvalue weighted by atomic mass is 9.97. The van der Waals surface area contributed by atoms with Crippen molar-refractivity contribution in [1.29, 1.82) is 0 Å². The molecule has 184 valence electrons. The Kier molecular flexibility index (Phi) is 6.50. The molecule has 0 saturated carbocycles. The lowest BCUT2D eigenvalue weighted by Gasteiger charge is -2.38. The smallest absolute Gasteiger partial charge is 0.407 e. The molecule has 0 saturated heterocycles. The predicted octanol–water partition coefficient (Wildman–Crippen LogP) is 5.33. The molecular weight excluding hydrogens is 505 g/mol. The molecule has 0 unspecified atom stereocenters. The van der Waals surface area contributed by atoms with Gasteiger partial charge in [0.15, 0.2) is 0 Å². The maximum absolute atomic E-state index is 13.9. The van der Waals surface area contributed by atoms with Crippen molar-refractivity contribution in [3.8, 4) is 5.88 Å². The first-order valence-electron chi connectivity index (χ1n) is 8.06. The van der Waals surface area contributed by atoms with Crippen LogP contribution < -0.4 is 4.74 Å². The standard InChI is InChI=1S/C14H10F13N3OS/c1-30-4-2-3-6(5-30)7-8(29-32-28-7)31-14(26,27)12(21,22)10(17,18)9(15,16)11(19,20)13(23,24)25/h3H,2,4-5H2,1H3. The van der Waals surface area contributed by atoms with Crippen LogP contribution in [0.1, 0.15) is 12.1 Å². The summed E-state index contributed by atoms with van der Waals surface area (Å²) in [5.74, 6) is -32.8. The number of nitrogens with zero attached hydrogens (tertiary/aromatic N) is 3. The first-order valence-corrected chi connectivity index (χ1v) is 8.79. The van der Waals surface area contributed by atoms with Gasteiger partial charge in [0.1, 0.15) is 5.69 Å². The maximum Gasteiger partial charge on any atom is 0.472 e. The fourth-order valence-corrected chi connectivity index (χ4v) is 2.97. The quantitative estimate of drug-likeness (QED) is 0.461. The zero-order chi connectivity index (χ0) is 25.0. The van der Waals surface area contributed by atoms with Gasteiger partial charge in [0.2, 0.25) is 0 Å². The second-order valence-corrected chi connectivity index (χ2v) is 7.12. The lowest BCUT2D eigenvalue weighted by molar-refractivity contribution is -0.456. The van der Waals surface area contributed by atoms with Crippen molar-refractivity contribution in [3.05, 3.63) is 11.8 Å². The Morgan fingerprint density at radius 2 is 1.34 bits per heavy atom. The van der Waals surface area contributed by atoms with E-state index in [1.54, 1.807) is 11.9 Å². The van der Waals surface area contributed by atoms with Gasteiger partial charge in [0.05, 0.1) is 11.7 Å².